The highest BCUT2D eigenvalue weighted by molar-refractivity contribution is 9.27. The van der Waals surface area contributed by atoms with E-state index in [4.69, 9.17) is 15.5 Å². The molecular weight excluding hydrogens is 207 g/mol. The molecule has 0 spiro atoms. The van der Waals surface area contributed by atoms with E-state index in [1.807, 2.05) is 6.55 Å². The Bertz CT molecular complexity index is 63.5. The van der Waals surface area contributed by atoms with Crippen molar-refractivity contribution in [2.45, 2.75) is 19.9 Å². The van der Waals surface area contributed by atoms with Crippen molar-refractivity contribution in [3.8, 4) is 0 Å². The summed E-state index contributed by atoms with van der Waals surface area (Å²) in [6.07, 6.45) is -0.865. The first-order valence-corrected chi connectivity index (χ1v) is 8.25. The Hall–Kier alpha value is 0.947. The van der Waals surface area contributed by atoms with Crippen LogP contribution in [0, 0.1) is 0 Å². The van der Waals surface area contributed by atoms with Crippen molar-refractivity contribution in [1.29, 1.82) is 0 Å². The predicted molar refractivity (Wildman–Crippen MR) is 42.6 cm³/mol. The van der Waals surface area contributed by atoms with Gasteiger partial charge in [0, 0.05) is 6.61 Å². The van der Waals surface area contributed by atoms with Gasteiger partial charge in [0.1, 0.15) is 0 Å². The number of hydrogen-bond acceptors (Lipinski definition) is 1. The van der Waals surface area contributed by atoms with E-state index in [9.17, 15) is 0 Å². The van der Waals surface area contributed by atoms with E-state index < -0.39 is 6.25 Å². The van der Waals surface area contributed by atoms with Crippen molar-refractivity contribution in [2.75, 3.05) is 6.61 Å². The molecular formula is C4H10BrClOSi. The first-order valence-electron chi connectivity index (χ1n) is 2.58. The van der Waals surface area contributed by atoms with Crippen LogP contribution in [0.5, 0.6) is 0 Å². The van der Waals surface area contributed by atoms with Gasteiger partial charge in [-0.05, 0) is 13.0 Å². The monoisotopic (exact) mass is 216 g/mol. The summed E-state index contributed by atoms with van der Waals surface area (Å²) in [6, 6.07) is 0. The third kappa shape index (κ3) is 6.95. The first kappa shape index (κ1) is 8.95. The average molecular weight is 218 g/mol. The Balaban J connectivity index is 3.11. The minimum Gasteiger partial charge on any atom is -0.396 e. The van der Waals surface area contributed by atoms with Crippen LogP contribution in [0.4, 0.5) is 0 Å². The molecule has 0 aromatic rings. The Morgan fingerprint density at radius 2 is 2.25 bits per heavy atom. The Morgan fingerprint density at radius 1 is 1.75 bits per heavy atom. The van der Waals surface area contributed by atoms with Gasteiger partial charge in [-0.15, -0.1) is 11.1 Å². The summed E-state index contributed by atoms with van der Waals surface area (Å²) in [7, 11) is 0. The molecule has 0 aliphatic heterocycles. The lowest BCUT2D eigenvalue weighted by Gasteiger charge is -2.09. The summed E-state index contributed by atoms with van der Waals surface area (Å²) in [4.78, 5) is 0. The van der Waals surface area contributed by atoms with Gasteiger partial charge < -0.3 is 4.43 Å². The fraction of sp³-hybridized carbons (Fsp3) is 1.00. The third-order valence-electron chi connectivity index (χ3n) is 0.560. The molecule has 0 aliphatic rings. The van der Waals surface area contributed by atoms with Crippen molar-refractivity contribution < 1.29 is 4.43 Å². The molecule has 0 aliphatic carbocycles. The van der Waals surface area contributed by atoms with Crippen molar-refractivity contribution >= 4 is 32.6 Å². The minimum absolute atomic E-state index is 0.761. The van der Waals surface area contributed by atoms with Gasteiger partial charge in [-0.25, -0.2) is 0 Å². The predicted octanol–water partition coefficient (Wildman–Crippen LogP) is 2.62. The third-order valence-corrected chi connectivity index (χ3v) is 2.28. The van der Waals surface area contributed by atoms with E-state index in [2.05, 4.69) is 22.2 Å². The molecule has 4 heteroatoms. The molecule has 0 radical (unpaired) electrons. The normalized spacial score (nSPS) is 18.0. The molecule has 0 aromatic heterocycles. The number of rotatable bonds is 3. The van der Waals surface area contributed by atoms with Crippen molar-refractivity contribution in [1.82, 2.24) is 0 Å². The van der Waals surface area contributed by atoms with Crippen molar-refractivity contribution in [3.63, 3.8) is 0 Å². The Morgan fingerprint density at radius 3 is 2.38 bits per heavy atom. The molecule has 0 heterocycles. The van der Waals surface area contributed by atoms with Crippen LogP contribution in [0.25, 0.3) is 0 Å². The second kappa shape index (κ2) is 3.88. The van der Waals surface area contributed by atoms with Gasteiger partial charge >= 0.3 is 6.25 Å². The van der Waals surface area contributed by atoms with Crippen LogP contribution < -0.4 is 0 Å². The van der Waals surface area contributed by atoms with Gasteiger partial charge in [-0.3, -0.25) is 0 Å². The van der Waals surface area contributed by atoms with E-state index in [-0.39, 0.29) is 0 Å². The lowest BCUT2D eigenvalue weighted by molar-refractivity contribution is 0.330. The van der Waals surface area contributed by atoms with Gasteiger partial charge in [0.15, 0.2) is 0 Å². The van der Waals surface area contributed by atoms with E-state index in [1.165, 1.54) is 0 Å². The van der Waals surface area contributed by atoms with Crippen LogP contribution >= 0.6 is 26.4 Å². The summed E-state index contributed by atoms with van der Waals surface area (Å²) >= 11 is 9.01. The summed E-state index contributed by atoms with van der Waals surface area (Å²) in [5.74, 6) is 0. The minimum atomic E-state index is -1.89. The lowest BCUT2D eigenvalue weighted by Crippen LogP contribution is -2.18. The zero-order valence-electron chi connectivity index (χ0n) is 5.08. The maximum absolute atomic E-state index is 5.75. The quantitative estimate of drug-likeness (QED) is 0.522. The lowest BCUT2D eigenvalue weighted by atomic mass is 10.5. The average Bonchev–Trinajstić information content (AvgIpc) is 1.59. The van der Waals surface area contributed by atoms with Crippen LogP contribution in [0.15, 0.2) is 0 Å². The number of hydrogen-bond donors (Lipinski definition) is 0. The second-order valence-electron chi connectivity index (χ2n) is 1.66. The molecule has 0 bridgehead atoms. The summed E-state index contributed by atoms with van der Waals surface area (Å²) in [5, 5.41) is 0. The highest BCUT2D eigenvalue weighted by Crippen LogP contribution is 2.17. The van der Waals surface area contributed by atoms with Gasteiger partial charge in [0.25, 0.3) is 0 Å². The van der Waals surface area contributed by atoms with Crippen LogP contribution in [-0.2, 0) is 4.43 Å². The van der Waals surface area contributed by atoms with Gasteiger partial charge in [0.2, 0.25) is 0 Å². The zero-order valence-corrected chi connectivity index (χ0v) is 8.42. The summed E-state index contributed by atoms with van der Waals surface area (Å²) in [6.45, 7) is 4.71. The fourth-order valence-electron chi connectivity index (χ4n) is 0.281. The molecule has 0 saturated carbocycles. The molecule has 0 saturated heterocycles. The molecule has 1 atom stereocenters. The second-order valence-corrected chi connectivity index (χ2v) is 11.6. The first-order chi connectivity index (χ1) is 3.56. The Labute approximate surface area is 63.8 Å². The highest BCUT2D eigenvalue weighted by Gasteiger charge is 2.20. The molecule has 1 nitrogen and oxygen atoms in total. The van der Waals surface area contributed by atoms with E-state index in [0.717, 1.165) is 13.0 Å². The van der Waals surface area contributed by atoms with E-state index in [0.29, 0.717) is 0 Å². The smallest absolute Gasteiger partial charge is 0.359 e. The molecule has 1 unspecified atom stereocenters. The SMILES string of the molecule is CCCO[Si](C)(Cl)Br. The highest BCUT2D eigenvalue weighted by atomic mass is 79.9. The van der Waals surface area contributed by atoms with Gasteiger partial charge in [-0.2, -0.15) is 0 Å². The van der Waals surface area contributed by atoms with E-state index in [1.54, 1.807) is 0 Å². The largest absolute Gasteiger partial charge is 0.396 e. The summed E-state index contributed by atoms with van der Waals surface area (Å²) in [5.41, 5.74) is 0. The van der Waals surface area contributed by atoms with Crippen LogP contribution in [0.1, 0.15) is 13.3 Å². The van der Waals surface area contributed by atoms with Crippen LogP contribution in [0.3, 0.4) is 0 Å². The maximum Gasteiger partial charge on any atom is 0.359 e. The van der Waals surface area contributed by atoms with Crippen molar-refractivity contribution in [3.05, 3.63) is 0 Å². The van der Waals surface area contributed by atoms with Crippen LogP contribution in [-0.4, -0.2) is 12.9 Å². The summed E-state index contributed by atoms with van der Waals surface area (Å²) < 4.78 is 5.20. The van der Waals surface area contributed by atoms with Gasteiger partial charge in [-0.1, -0.05) is 22.2 Å². The molecule has 50 valence electrons. The molecule has 0 aromatic carbocycles. The molecule has 0 amide bonds. The van der Waals surface area contributed by atoms with E-state index >= 15 is 0 Å². The van der Waals surface area contributed by atoms with Crippen LogP contribution in [0.2, 0.25) is 6.55 Å². The standard InChI is InChI=1S/C4H10BrClOSi/c1-3-4-7-8(2,5)6/h3-4H2,1-2H3. The number of halogens is 2. The Kier molecular flexibility index (Phi) is 4.33. The van der Waals surface area contributed by atoms with Gasteiger partial charge in [0.05, 0.1) is 0 Å². The zero-order chi connectivity index (χ0) is 6.62. The molecule has 0 N–H and O–H groups in total. The topological polar surface area (TPSA) is 9.23 Å². The maximum atomic E-state index is 5.75. The molecule has 0 rings (SSSR count). The van der Waals surface area contributed by atoms with Crippen molar-refractivity contribution in [2.24, 2.45) is 0 Å². The molecule has 0 fully saturated rings. The fourth-order valence-corrected chi connectivity index (χ4v) is 1.56. The molecule has 8 heavy (non-hydrogen) atoms.